The number of esters is 1. The van der Waals surface area contributed by atoms with E-state index in [1.807, 2.05) is 24.3 Å². The topological polar surface area (TPSA) is 99.4 Å². The van der Waals surface area contributed by atoms with Crippen LogP contribution in [0.2, 0.25) is 0 Å². The fourth-order valence-corrected chi connectivity index (χ4v) is 2.48. The number of nitrogens with one attached hydrogen (secondary N) is 1. The minimum Gasteiger partial charge on any atom is -0.465 e. The number of aromatic nitrogens is 2. The number of hydrogen-bond donors (Lipinski definition) is 2. The number of anilines is 3. The third kappa shape index (κ3) is 4.20. The van der Waals surface area contributed by atoms with Crippen LogP contribution in [-0.4, -0.2) is 23.0 Å². The van der Waals surface area contributed by atoms with Crippen molar-refractivity contribution < 1.29 is 14.3 Å². The zero-order valence-corrected chi connectivity index (χ0v) is 15.9. The van der Waals surface area contributed by atoms with E-state index in [-0.39, 0.29) is 11.6 Å². The van der Waals surface area contributed by atoms with Crippen LogP contribution in [0.25, 0.3) is 0 Å². The number of benzene rings is 2. The van der Waals surface area contributed by atoms with Gasteiger partial charge < -0.3 is 20.5 Å². The highest BCUT2D eigenvalue weighted by molar-refractivity contribution is 14.1. The van der Waals surface area contributed by atoms with Crippen molar-refractivity contribution in [2.45, 2.75) is 0 Å². The molecule has 0 fully saturated rings. The minimum absolute atomic E-state index is 0.221. The summed E-state index contributed by atoms with van der Waals surface area (Å²) in [4.78, 5) is 19.7. The summed E-state index contributed by atoms with van der Waals surface area (Å²) in [5, 5.41) is 3.14. The largest absolute Gasteiger partial charge is 0.465 e. The maximum absolute atomic E-state index is 11.5. The molecule has 132 valence electrons. The number of nitrogens with zero attached hydrogens (tertiary/aromatic N) is 2. The Hall–Kier alpha value is -2.88. The van der Waals surface area contributed by atoms with Gasteiger partial charge in [0.1, 0.15) is 17.8 Å². The van der Waals surface area contributed by atoms with Gasteiger partial charge in [-0.1, -0.05) is 0 Å². The van der Waals surface area contributed by atoms with E-state index < -0.39 is 5.97 Å². The van der Waals surface area contributed by atoms with Crippen molar-refractivity contribution in [1.29, 1.82) is 0 Å². The number of hydrogen-bond acceptors (Lipinski definition) is 7. The number of halogens is 1. The molecule has 3 rings (SSSR count). The second kappa shape index (κ2) is 8.00. The summed E-state index contributed by atoms with van der Waals surface area (Å²) in [6, 6.07) is 14.3. The van der Waals surface area contributed by atoms with Crippen molar-refractivity contribution in [3.05, 3.63) is 64.0 Å². The molecule has 0 saturated heterocycles. The molecule has 3 aromatic rings. The average molecular weight is 462 g/mol. The Morgan fingerprint density at radius 2 is 1.77 bits per heavy atom. The molecule has 0 atom stereocenters. The molecule has 2 aromatic carbocycles. The van der Waals surface area contributed by atoms with Crippen LogP contribution in [0, 0.1) is 3.57 Å². The van der Waals surface area contributed by atoms with Gasteiger partial charge in [-0.25, -0.2) is 9.78 Å². The summed E-state index contributed by atoms with van der Waals surface area (Å²) < 4.78 is 11.5. The predicted molar refractivity (Wildman–Crippen MR) is 107 cm³/mol. The Morgan fingerprint density at radius 3 is 2.42 bits per heavy atom. The lowest BCUT2D eigenvalue weighted by molar-refractivity contribution is 0.0600. The smallest absolute Gasteiger partial charge is 0.337 e. The van der Waals surface area contributed by atoms with Crippen LogP contribution in [0.5, 0.6) is 11.6 Å². The number of nitrogens with two attached hydrogens (primary N) is 1. The Labute approximate surface area is 163 Å². The van der Waals surface area contributed by atoms with Crippen LogP contribution in [0.1, 0.15) is 10.4 Å². The van der Waals surface area contributed by atoms with Crippen molar-refractivity contribution >= 4 is 45.8 Å². The van der Waals surface area contributed by atoms with Crippen LogP contribution in [0.4, 0.5) is 17.2 Å². The van der Waals surface area contributed by atoms with Gasteiger partial charge >= 0.3 is 5.97 Å². The molecule has 0 radical (unpaired) electrons. The molecular weight excluding hydrogens is 447 g/mol. The molecule has 0 spiro atoms. The van der Waals surface area contributed by atoms with Crippen molar-refractivity contribution in [2.24, 2.45) is 0 Å². The van der Waals surface area contributed by atoms with Crippen LogP contribution in [0.3, 0.4) is 0 Å². The number of ether oxygens (including phenoxy) is 2. The van der Waals surface area contributed by atoms with Gasteiger partial charge in [0.25, 0.3) is 0 Å². The van der Waals surface area contributed by atoms with E-state index in [1.165, 1.54) is 13.4 Å². The fourth-order valence-electron chi connectivity index (χ4n) is 2.12. The van der Waals surface area contributed by atoms with Crippen molar-refractivity contribution in [1.82, 2.24) is 9.97 Å². The van der Waals surface area contributed by atoms with E-state index in [4.69, 9.17) is 10.5 Å². The third-order valence-corrected chi connectivity index (χ3v) is 4.16. The van der Waals surface area contributed by atoms with Crippen LogP contribution >= 0.6 is 22.6 Å². The Kier molecular flexibility index (Phi) is 5.52. The molecule has 7 nitrogen and oxygen atoms in total. The molecule has 0 bridgehead atoms. The first-order valence-electron chi connectivity index (χ1n) is 7.56. The zero-order valence-electron chi connectivity index (χ0n) is 13.8. The molecule has 3 N–H and O–H groups in total. The highest BCUT2D eigenvalue weighted by atomic mass is 127. The number of carbonyl (C=O) groups excluding carboxylic acids is 1. The number of carbonyl (C=O) groups is 1. The molecular formula is C18H15IN4O3. The molecule has 0 aliphatic heterocycles. The summed E-state index contributed by atoms with van der Waals surface area (Å²) in [7, 11) is 1.33. The van der Waals surface area contributed by atoms with Gasteiger partial charge in [0.2, 0.25) is 5.88 Å². The first kappa shape index (κ1) is 17.9. The molecule has 0 aliphatic rings. The van der Waals surface area contributed by atoms with E-state index >= 15 is 0 Å². The van der Waals surface area contributed by atoms with E-state index in [9.17, 15) is 4.79 Å². The van der Waals surface area contributed by atoms with Gasteiger partial charge in [0, 0.05) is 9.26 Å². The van der Waals surface area contributed by atoms with Gasteiger partial charge in [-0.3, -0.25) is 0 Å². The summed E-state index contributed by atoms with van der Waals surface area (Å²) in [5.41, 5.74) is 7.68. The summed E-state index contributed by atoms with van der Waals surface area (Å²) in [6.07, 6.45) is 1.36. The standard InChI is InChI=1S/C18H15IN4O3/c1-25-18(24)11-2-8-14(9-3-11)26-17-15(20)16(21-10-22-17)23-13-6-4-12(19)5-7-13/h2-10H,20H2,1H3,(H,21,22,23). The monoisotopic (exact) mass is 462 g/mol. The van der Waals surface area contributed by atoms with Crippen molar-refractivity contribution in [2.75, 3.05) is 18.2 Å². The molecule has 0 saturated carbocycles. The highest BCUT2D eigenvalue weighted by Gasteiger charge is 2.11. The van der Waals surface area contributed by atoms with Crippen LogP contribution in [0.15, 0.2) is 54.9 Å². The van der Waals surface area contributed by atoms with Gasteiger partial charge in [-0.05, 0) is 71.1 Å². The molecule has 26 heavy (non-hydrogen) atoms. The number of rotatable bonds is 5. The lowest BCUT2D eigenvalue weighted by Crippen LogP contribution is -2.03. The van der Waals surface area contributed by atoms with E-state index in [2.05, 4.69) is 42.6 Å². The summed E-state index contributed by atoms with van der Waals surface area (Å²) in [6.45, 7) is 0. The fraction of sp³-hybridized carbons (Fsp3) is 0.0556. The maximum Gasteiger partial charge on any atom is 0.337 e. The predicted octanol–water partition coefficient (Wildman–Crippen LogP) is 3.99. The molecule has 1 heterocycles. The second-order valence-electron chi connectivity index (χ2n) is 5.19. The van der Waals surface area contributed by atoms with E-state index in [0.29, 0.717) is 17.1 Å². The Morgan fingerprint density at radius 1 is 1.08 bits per heavy atom. The first-order valence-corrected chi connectivity index (χ1v) is 8.64. The quantitative estimate of drug-likeness (QED) is 0.437. The van der Waals surface area contributed by atoms with E-state index in [1.54, 1.807) is 24.3 Å². The van der Waals surface area contributed by atoms with Crippen molar-refractivity contribution in [3.63, 3.8) is 0 Å². The Balaban J connectivity index is 1.78. The minimum atomic E-state index is -0.415. The summed E-state index contributed by atoms with van der Waals surface area (Å²) in [5.74, 6) is 0.742. The van der Waals surface area contributed by atoms with Crippen LogP contribution < -0.4 is 15.8 Å². The molecule has 0 amide bonds. The molecule has 8 heteroatoms. The SMILES string of the molecule is COC(=O)c1ccc(Oc2ncnc(Nc3ccc(I)cc3)c2N)cc1. The second-order valence-corrected chi connectivity index (χ2v) is 6.44. The first-order chi connectivity index (χ1) is 12.6. The van der Waals surface area contributed by atoms with Crippen LogP contribution in [-0.2, 0) is 4.74 Å². The third-order valence-electron chi connectivity index (χ3n) is 3.44. The van der Waals surface area contributed by atoms with Gasteiger partial charge in [0.05, 0.1) is 12.7 Å². The molecule has 0 aliphatic carbocycles. The molecule has 1 aromatic heterocycles. The normalized spacial score (nSPS) is 10.2. The maximum atomic E-state index is 11.5. The zero-order chi connectivity index (χ0) is 18.5. The average Bonchev–Trinajstić information content (AvgIpc) is 2.66. The van der Waals surface area contributed by atoms with Gasteiger partial charge in [-0.2, -0.15) is 4.98 Å². The van der Waals surface area contributed by atoms with E-state index in [0.717, 1.165) is 9.26 Å². The van der Waals surface area contributed by atoms with Gasteiger partial charge in [0.15, 0.2) is 5.82 Å². The lowest BCUT2D eigenvalue weighted by atomic mass is 10.2. The van der Waals surface area contributed by atoms with Gasteiger partial charge in [-0.15, -0.1) is 0 Å². The Bertz CT molecular complexity index is 915. The highest BCUT2D eigenvalue weighted by Crippen LogP contribution is 2.31. The number of nitrogen functional groups attached to an aromatic ring is 1. The summed E-state index contributed by atoms with van der Waals surface area (Å²) >= 11 is 2.23. The number of methoxy groups -OCH3 is 1. The lowest BCUT2D eigenvalue weighted by Gasteiger charge is -2.12. The van der Waals surface area contributed by atoms with Crippen molar-refractivity contribution in [3.8, 4) is 11.6 Å². The molecule has 0 unspecified atom stereocenters.